The summed E-state index contributed by atoms with van der Waals surface area (Å²) < 4.78 is 0.739. The largest absolute Gasteiger partial charge is 0.375 e. The normalized spacial score (nSPS) is 19.1. The lowest BCUT2D eigenvalue weighted by atomic mass is 9.79. The summed E-state index contributed by atoms with van der Waals surface area (Å²) in [5.41, 5.74) is 0.558. The van der Waals surface area contributed by atoms with Crippen LogP contribution in [0.15, 0.2) is 83.3 Å². The molecular weight excluding hydrogens is 430 g/mol. The van der Waals surface area contributed by atoms with Crippen molar-refractivity contribution < 1.29 is 14.7 Å². The molecule has 4 nitrogen and oxygen atoms in total. The molecule has 0 saturated carbocycles. The third kappa shape index (κ3) is 3.30. The quantitative estimate of drug-likeness (QED) is 0.574. The fourth-order valence-electron chi connectivity index (χ4n) is 3.86. The lowest BCUT2D eigenvalue weighted by molar-refractivity contribution is -0.139. The van der Waals surface area contributed by atoms with Crippen molar-refractivity contribution in [2.75, 3.05) is 4.90 Å². The first-order valence-corrected chi connectivity index (χ1v) is 10.2. The van der Waals surface area contributed by atoms with Gasteiger partial charge in [0.05, 0.1) is 18.2 Å². The van der Waals surface area contributed by atoms with Crippen molar-refractivity contribution in [3.05, 3.63) is 100 Å². The lowest BCUT2D eigenvalue weighted by Gasteiger charge is -2.28. The van der Waals surface area contributed by atoms with Gasteiger partial charge in [-0.15, -0.1) is 0 Å². The van der Waals surface area contributed by atoms with Crippen molar-refractivity contribution in [3.8, 4) is 0 Å². The minimum Gasteiger partial charge on any atom is -0.375 e. The maximum atomic E-state index is 13.5. The summed E-state index contributed by atoms with van der Waals surface area (Å²) in [5.74, 6) is -1.69. The van der Waals surface area contributed by atoms with E-state index in [4.69, 9.17) is 0 Å². The number of benzene rings is 3. The molecule has 0 bridgehead atoms. The molecule has 1 aliphatic heterocycles. The lowest BCUT2D eigenvalue weighted by Crippen LogP contribution is -2.47. The average molecular weight is 450 g/mol. The molecule has 4 rings (SSSR count). The van der Waals surface area contributed by atoms with Crippen molar-refractivity contribution in [2.45, 2.75) is 19.1 Å². The minimum atomic E-state index is -1.93. The Labute approximate surface area is 177 Å². The van der Waals surface area contributed by atoms with E-state index >= 15 is 0 Å². The highest BCUT2D eigenvalue weighted by molar-refractivity contribution is 9.10. The Morgan fingerprint density at radius 2 is 1.66 bits per heavy atom. The first kappa shape index (κ1) is 19.6. The Hall–Kier alpha value is -2.76. The van der Waals surface area contributed by atoms with E-state index in [0.29, 0.717) is 23.4 Å². The summed E-state index contributed by atoms with van der Waals surface area (Å²) in [7, 11) is 0. The number of ketones is 1. The Bertz CT molecular complexity index is 1070. The highest BCUT2D eigenvalue weighted by atomic mass is 79.9. The molecule has 0 aromatic heterocycles. The van der Waals surface area contributed by atoms with Crippen molar-refractivity contribution in [2.24, 2.45) is 5.92 Å². The molecule has 1 amide bonds. The number of nitrogens with zero attached hydrogens (tertiary/aromatic N) is 1. The van der Waals surface area contributed by atoms with E-state index in [1.165, 1.54) is 0 Å². The summed E-state index contributed by atoms with van der Waals surface area (Å²) in [5, 5.41) is 11.7. The van der Waals surface area contributed by atoms with Crippen LogP contribution in [0.25, 0.3) is 0 Å². The van der Waals surface area contributed by atoms with Crippen LogP contribution in [0.5, 0.6) is 0 Å². The van der Waals surface area contributed by atoms with E-state index in [9.17, 15) is 14.7 Å². The third-order valence-corrected chi connectivity index (χ3v) is 5.99. The Morgan fingerprint density at radius 1 is 1.03 bits per heavy atom. The summed E-state index contributed by atoms with van der Waals surface area (Å²) in [4.78, 5) is 28.1. The van der Waals surface area contributed by atoms with E-state index in [0.717, 1.165) is 10.0 Å². The first-order valence-electron chi connectivity index (χ1n) is 9.40. The predicted molar refractivity (Wildman–Crippen MR) is 116 cm³/mol. The molecule has 0 spiro atoms. The second-order valence-electron chi connectivity index (χ2n) is 7.26. The molecule has 1 heterocycles. The van der Waals surface area contributed by atoms with Gasteiger partial charge in [-0.05, 0) is 23.8 Å². The zero-order chi connectivity index (χ0) is 20.6. The molecule has 146 valence electrons. The number of amides is 1. The van der Waals surface area contributed by atoms with Crippen LogP contribution < -0.4 is 4.90 Å². The Morgan fingerprint density at radius 3 is 2.31 bits per heavy atom. The third-order valence-electron chi connectivity index (χ3n) is 5.49. The van der Waals surface area contributed by atoms with Crippen molar-refractivity contribution in [1.29, 1.82) is 0 Å². The van der Waals surface area contributed by atoms with Crippen LogP contribution in [0, 0.1) is 5.92 Å². The standard InChI is InChI=1S/C24H20BrNO3/c1-16(22(27)18-10-6-3-7-11-18)24(29)20-14-19(25)12-13-21(20)26(23(24)28)15-17-8-4-2-5-9-17/h2-14,16,29H,15H2,1H3/t16-,24-/m1/s1. The van der Waals surface area contributed by atoms with Crippen LogP contribution >= 0.6 is 15.9 Å². The summed E-state index contributed by atoms with van der Waals surface area (Å²) in [6, 6.07) is 23.7. The number of Topliss-reactive ketones (excluding diaryl/α,β-unsaturated/α-hetero) is 1. The SMILES string of the molecule is C[C@H](C(=O)c1ccccc1)[C@]1(O)C(=O)N(Cc2ccccc2)c2ccc(Br)cc21. The second kappa shape index (κ2) is 7.58. The van der Waals surface area contributed by atoms with Gasteiger partial charge in [-0.2, -0.15) is 0 Å². The molecule has 29 heavy (non-hydrogen) atoms. The van der Waals surface area contributed by atoms with Gasteiger partial charge in [0.25, 0.3) is 5.91 Å². The molecule has 0 fully saturated rings. The highest BCUT2D eigenvalue weighted by Gasteiger charge is 2.55. The molecule has 5 heteroatoms. The first-order chi connectivity index (χ1) is 13.9. The predicted octanol–water partition coefficient (Wildman–Crippen LogP) is 4.70. The number of fused-ring (bicyclic) bond motifs is 1. The fourth-order valence-corrected chi connectivity index (χ4v) is 4.22. The van der Waals surface area contributed by atoms with Gasteiger partial charge in [0.15, 0.2) is 11.4 Å². The van der Waals surface area contributed by atoms with Gasteiger partial charge in [-0.1, -0.05) is 83.5 Å². The van der Waals surface area contributed by atoms with E-state index in [-0.39, 0.29) is 5.78 Å². The summed E-state index contributed by atoms with van der Waals surface area (Å²) in [6.45, 7) is 1.94. The molecule has 1 N–H and O–H groups in total. The van der Waals surface area contributed by atoms with E-state index in [1.807, 2.05) is 42.5 Å². The molecule has 2 atom stereocenters. The number of halogens is 1. The number of hydrogen-bond donors (Lipinski definition) is 1. The van der Waals surface area contributed by atoms with E-state index < -0.39 is 17.4 Å². The molecule has 0 aliphatic carbocycles. The number of carbonyl (C=O) groups is 2. The molecule has 1 aliphatic rings. The smallest absolute Gasteiger partial charge is 0.264 e. The van der Waals surface area contributed by atoms with Crippen molar-refractivity contribution in [3.63, 3.8) is 0 Å². The van der Waals surface area contributed by atoms with Gasteiger partial charge in [-0.3, -0.25) is 9.59 Å². The van der Waals surface area contributed by atoms with Crippen LogP contribution in [-0.2, 0) is 16.9 Å². The van der Waals surface area contributed by atoms with E-state index in [2.05, 4.69) is 15.9 Å². The van der Waals surface area contributed by atoms with Gasteiger partial charge in [0, 0.05) is 15.6 Å². The van der Waals surface area contributed by atoms with Gasteiger partial charge in [-0.25, -0.2) is 0 Å². The maximum absolute atomic E-state index is 13.5. The summed E-state index contributed by atoms with van der Waals surface area (Å²) in [6.07, 6.45) is 0. The number of rotatable bonds is 5. The van der Waals surface area contributed by atoms with Crippen LogP contribution in [0.4, 0.5) is 5.69 Å². The summed E-state index contributed by atoms with van der Waals surface area (Å²) >= 11 is 3.43. The van der Waals surface area contributed by atoms with Gasteiger partial charge in [0.2, 0.25) is 0 Å². The van der Waals surface area contributed by atoms with Gasteiger partial charge < -0.3 is 10.0 Å². The van der Waals surface area contributed by atoms with Gasteiger partial charge >= 0.3 is 0 Å². The van der Waals surface area contributed by atoms with Crippen LogP contribution in [0.3, 0.4) is 0 Å². The van der Waals surface area contributed by atoms with Gasteiger partial charge in [0.1, 0.15) is 0 Å². The van der Waals surface area contributed by atoms with Crippen molar-refractivity contribution in [1.82, 2.24) is 0 Å². The zero-order valence-electron chi connectivity index (χ0n) is 15.9. The highest BCUT2D eigenvalue weighted by Crippen LogP contribution is 2.47. The topological polar surface area (TPSA) is 57.6 Å². The average Bonchev–Trinajstić information content (AvgIpc) is 2.96. The molecule has 0 unspecified atom stereocenters. The van der Waals surface area contributed by atoms with Crippen LogP contribution in [-0.4, -0.2) is 16.8 Å². The Kier molecular flexibility index (Phi) is 5.11. The molecule has 0 saturated heterocycles. The zero-order valence-corrected chi connectivity index (χ0v) is 17.5. The van der Waals surface area contributed by atoms with Crippen LogP contribution in [0.2, 0.25) is 0 Å². The maximum Gasteiger partial charge on any atom is 0.264 e. The monoisotopic (exact) mass is 449 g/mol. The number of carbonyl (C=O) groups excluding carboxylic acids is 2. The Balaban J connectivity index is 1.78. The van der Waals surface area contributed by atoms with Crippen LogP contribution in [0.1, 0.15) is 28.4 Å². The second-order valence-corrected chi connectivity index (χ2v) is 8.17. The van der Waals surface area contributed by atoms with E-state index in [1.54, 1.807) is 48.2 Å². The van der Waals surface area contributed by atoms with Crippen molar-refractivity contribution >= 4 is 33.3 Å². The minimum absolute atomic E-state index is 0.270. The molecular formula is C24H20BrNO3. The fraction of sp³-hybridized carbons (Fsp3) is 0.167. The number of aliphatic hydroxyl groups is 1. The molecule has 3 aromatic carbocycles. The molecule has 0 radical (unpaired) electrons. The number of anilines is 1. The number of hydrogen-bond acceptors (Lipinski definition) is 3. The molecule has 3 aromatic rings.